The highest BCUT2D eigenvalue weighted by atomic mass is 32.2. The van der Waals surface area contributed by atoms with E-state index in [1.54, 1.807) is 53.3 Å². The van der Waals surface area contributed by atoms with Gasteiger partial charge >= 0.3 is 6.03 Å². The number of benzene rings is 3. The predicted octanol–water partition coefficient (Wildman–Crippen LogP) is 0.654. The summed E-state index contributed by atoms with van der Waals surface area (Å²) >= 11 is 1.85. The van der Waals surface area contributed by atoms with Gasteiger partial charge in [-0.3, -0.25) is 48.0 Å². The normalized spacial score (nSPS) is 22.4. The number of guanidine groups is 1. The molecule has 2 fully saturated rings. The van der Waals surface area contributed by atoms with Gasteiger partial charge in [0, 0.05) is 99.0 Å². The Labute approximate surface area is 556 Å². The molecule has 3 aromatic carbocycles. The molecule has 0 spiro atoms. The molecule has 5 aromatic rings. The lowest BCUT2D eigenvalue weighted by atomic mass is 9.89. The topological polar surface area (TPSA) is 404 Å². The van der Waals surface area contributed by atoms with Gasteiger partial charge in [0.2, 0.25) is 41.4 Å². The first-order valence-electron chi connectivity index (χ1n) is 32.5. The Bertz CT molecular complexity index is 3400. The van der Waals surface area contributed by atoms with Crippen molar-refractivity contribution in [3.63, 3.8) is 0 Å². The zero-order valence-electron chi connectivity index (χ0n) is 53.7. The van der Waals surface area contributed by atoms with Crippen LogP contribution in [0.2, 0.25) is 0 Å². The van der Waals surface area contributed by atoms with Crippen molar-refractivity contribution in [1.82, 2.24) is 62.1 Å². The second-order valence-corrected chi connectivity index (χ2v) is 25.4. The van der Waals surface area contributed by atoms with E-state index in [-0.39, 0.29) is 115 Å². The smallest absolute Gasteiger partial charge is 0.315 e. The summed E-state index contributed by atoms with van der Waals surface area (Å²) in [6.07, 6.45) is 7.05. The molecule has 5 heterocycles. The Balaban J connectivity index is 0.934. The molecule has 9 amide bonds. The van der Waals surface area contributed by atoms with Crippen LogP contribution in [0.15, 0.2) is 102 Å². The fourth-order valence-electron chi connectivity index (χ4n) is 11.9. The second kappa shape index (κ2) is 37.2. The molecule has 0 unspecified atom stereocenters. The van der Waals surface area contributed by atoms with Crippen LogP contribution in [0.25, 0.3) is 10.9 Å². The highest BCUT2D eigenvalue weighted by molar-refractivity contribution is 8.00. The number of para-hydroxylation sites is 1. The van der Waals surface area contributed by atoms with Gasteiger partial charge in [0.1, 0.15) is 30.8 Å². The van der Waals surface area contributed by atoms with E-state index in [2.05, 4.69) is 57.8 Å². The van der Waals surface area contributed by atoms with Crippen LogP contribution in [0, 0.1) is 5.92 Å². The number of amides is 9. The molecular formula is C66H90N16O12S. The third-order valence-electron chi connectivity index (χ3n) is 16.8. The van der Waals surface area contributed by atoms with E-state index in [4.69, 9.17) is 31.4 Å². The number of rotatable bonds is 28. The number of aliphatic imine (C=N–C) groups is 1. The van der Waals surface area contributed by atoms with Crippen LogP contribution < -0.4 is 59.7 Å². The lowest BCUT2D eigenvalue weighted by molar-refractivity contribution is -0.135. The lowest BCUT2D eigenvalue weighted by Gasteiger charge is -2.27. The largest absolute Gasteiger partial charge is 0.377 e. The number of hydrogen-bond donors (Lipinski definition) is 11. The summed E-state index contributed by atoms with van der Waals surface area (Å²) in [6.45, 7) is 1.16. The van der Waals surface area contributed by atoms with Crippen molar-refractivity contribution in [1.29, 1.82) is 0 Å². The molecule has 95 heavy (non-hydrogen) atoms. The summed E-state index contributed by atoms with van der Waals surface area (Å²) < 4.78 is 20.3. The molecule has 9 atom stereocenters. The molecule has 0 aliphatic carbocycles. The van der Waals surface area contributed by atoms with Crippen molar-refractivity contribution < 1.29 is 57.4 Å². The van der Waals surface area contributed by atoms with Gasteiger partial charge in [0.05, 0.1) is 56.9 Å². The number of aryl methyl sites for hydroxylation is 2. The van der Waals surface area contributed by atoms with Crippen LogP contribution in [0.3, 0.4) is 0 Å². The number of nitrogens with zero attached hydrogens (tertiary/aromatic N) is 5. The van der Waals surface area contributed by atoms with E-state index >= 15 is 4.79 Å². The quantitative estimate of drug-likeness (QED) is 0.0142. The van der Waals surface area contributed by atoms with Gasteiger partial charge in [0.25, 0.3) is 0 Å². The number of thioether (sulfide) groups is 1. The molecule has 28 nitrogen and oxygen atoms in total. The van der Waals surface area contributed by atoms with Gasteiger partial charge < -0.3 is 78.5 Å². The summed E-state index contributed by atoms with van der Waals surface area (Å²) in [4.78, 5) is 129. The molecule has 512 valence electrons. The minimum Gasteiger partial charge on any atom is -0.377 e. The number of hydrogen-bond acceptors (Lipinski definition) is 16. The summed E-state index contributed by atoms with van der Waals surface area (Å²) in [6, 6.07) is 19.5. The number of fused-ring (bicyclic) bond motifs is 4. The van der Waals surface area contributed by atoms with Gasteiger partial charge in [-0.05, 0) is 74.1 Å². The second-order valence-electron chi connectivity index (χ2n) is 24.1. The van der Waals surface area contributed by atoms with Crippen molar-refractivity contribution in [3.8, 4) is 0 Å². The Hall–Kier alpha value is -8.93. The average Bonchev–Trinajstić information content (AvgIpc) is 1.69. The van der Waals surface area contributed by atoms with Crippen molar-refractivity contribution >= 4 is 81.8 Å². The van der Waals surface area contributed by atoms with E-state index < -0.39 is 90.4 Å². The molecular weight excluding hydrogens is 1240 g/mol. The monoisotopic (exact) mass is 1330 g/mol. The number of nitrogens with two attached hydrogens (primary N) is 3. The zero-order chi connectivity index (χ0) is 67.5. The lowest BCUT2D eigenvalue weighted by Crippen LogP contribution is -2.57. The molecule has 2 saturated heterocycles. The Kier molecular flexibility index (Phi) is 28.2. The number of carbonyl (C=O) groups excluding carboxylic acids is 9. The molecule has 2 bridgehead atoms. The number of nitrogens with one attached hydrogen (secondary N) is 8. The van der Waals surface area contributed by atoms with E-state index in [0.717, 1.165) is 41.5 Å². The first-order chi connectivity index (χ1) is 46.0. The van der Waals surface area contributed by atoms with Gasteiger partial charge in [-0.25, -0.2) is 4.79 Å². The van der Waals surface area contributed by atoms with Crippen LogP contribution in [-0.4, -0.2) is 185 Å². The van der Waals surface area contributed by atoms with Gasteiger partial charge in [-0.2, -0.15) is 11.8 Å². The van der Waals surface area contributed by atoms with E-state index in [0.29, 0.717) is 54.4 Å². The number of ether oxygens (including phenoxy) is 3. The predicted molar refractivity (Wildman–Crippen MR) is 356 cm³/mol. The van der Waals surface area contributed by atoms with Crippen molar-refractivity contribution in [3.05, 3.63) is 120 Å². The molecule has 0 radical (unpaired) electrons. The van der Waals surface area contributed by atoms with Crippen LogP contribution in [0.1, 0.15) is 86.6 Å². The third-order valence-corrected chi connectivity index (χ3v) is 18.3. The van der Waals surface area contributed by atoms with E-state index in [1.165, 1.54) is 0 Å². The number of ketones is 1. The molecule has 3 aliphatic heterocycles. The number of primary amides is 1. The van der Waals surface area contributed by atoms with E-state index in [9.17, 15) is 38.4 Å². The highest BCUT2D eigenvalue weighted by Crippen LogP contribution is 2.33. The Morgan fingerprint density at radius 1 is 0.674 bits per heavy atom. The minimum atomic E-state index is -1.34. The molecule has 0 saturated carbocycles. The molecule has 2 aromatic heterocycles. The van der Waals surface area contributed by atoms with Crippen LogP contribution in [0.5, 0.6) is 0 Å². The minimum absolute atomic E-state index is 0.00740. The van der Waals surface area contributed by atoms with Crippen molar-refractivity contribution in [2.45, 2.75) is 144 Å². The summed E-state index contributed by atoms with van der Waals surface area (Å²) in [5, 5.41) is 32.8. The van der Waals surface area contributed by atoms with Crippen molar-refractivity contribution in [2.24, 2.45) is 35.2 Å². The number of aromatic nitrogens is 4. The number of unbranched alkanes of at least 4 members (excludes halogenated alkanes) is 1. The average molecular weight is 1330 g/mol. The summed E-state index contributed by atoms with van der Waals surface area (Å²) in [5.74, 6) is -5.25. The fourth-order valence-corrected chi connectivity index (χ4v) is 13.4. The summed E-state index contributed by atoms with van der Waals surface area (Å²) in [5.41, 5.74) is 20.6. The SMILES string of the molecule is Cn1cc(C[C@@H]2NC(=O)[C@@H](Cc3ccccc3)CC(=O)[C@@H](CCCN=C(N)N)NC(=O)[C@@H](Cc3ccccc3)NC(=O)[C@@H](NC(=O)COCCOCCOCCNC(=O)CCCC[C@@H]3SC[C@@H]4NC(=O)N[C@@H]43)Cc3cn(nn3)CCCC[C@@H](C(N)=O)NC2=O)c2ccccc21. The fraction of sp³-hybridized carbons (Fsp3) is 0.515. The zero-order valence-corrected chi connectivity index (χ0v) is 54.5. The number of urea groups is 1. The molecule has 14 N–H and O–H groups in total. The van der Waals surface area contributed by atoms with Crippen LogP contribution in [-0.2, 0) is 91.8 Å². The standard InChI is InChI=1S/C66H90N16O12S/c1-81-38-45(47-19-8-9-22-54(47)81)35-51-63(89)74-49(60(67)86)20-12-13-27-82-39-46(79-80-82)37-52(72-58(85)40-94-32-31-93-30-29-92-28-26-70-57(84)24-11-10-23-56-59-53(41-95-56)77-66(91)78-59)64(90)76-50(34-43-17-6-3-7-18-43)62(88)73-48(21-14-25-71-65(68)69)55(83)36-44(61(87)75-51)33-42-15-4-2-5-16-42/h2-9,15-19,22,38-39,44,48-53,56,59H,10-14,20-21,23-37,40-41H2,1H3,(H2,67,86)(H,70,84)(H,72,85)(H,73,88)(H,74,89)(H,75,87)(H,76,90)(H4,68,69,71)(H2,77,78,91)/t44-,48+,49-,50+,51-,52-,53-,56-,59-/m0/s1. The first-order valence-corrected chi connectivity index (χ1v) is 33.6. The Morgan fingerprint density at radius 2 is 1.35 bits per heavy atom. The van der Waals surface area contributed by atoms with Gasteiger partial charge in [-0.1, -0.05) is 90.5 Å². The maximum absolute atomic E-state index is 15.0. The van der Waals surface area contributed by atoms with E-state index in [1.807, 2.05) is 72.0 Å². The van der Waals surface area contributed by atoms with Gasteiger partial charge in [-0.15, -0.1) is 5.10 Å². The first kappa shape index (κ1) is 71.9. The Morgan fingerprint density at radius 3 is 2.09 bits per heavy atom. The summed E-state index contributed by atoms with van der Waals surface area (Å²) in [7, 11) is 1.87. The van der Waals surface area contributed by atoms with Crippen molar-refractivity contribution in [2.75, 3.05) is 58.5 Å². The molecule has 3 aliphatic rings. The molecule has 8 rings (SSSR count). The highest BCUT2D eigenvalue weighted by Gasteiger charge is 2.43. The maximum Gasteiger partial charge on any atom is 0.315 e. The number of Topliss-reactive ketones (excluding diaryl/α,β-unsaturated/α-hetero) is 1. The number of carbonyl (C=O) groups is 9. The van der Waals surface area contributed by atoms with Crippen LogP contribution >= 0.6 is 11.8 Å². The van der Waals surface area contributed by atoms with Gasteiger partial charge in [0.15, 0.2) is 11.7 Å². The maximum atomic E-state index is 15.0. The molecule has 29 heteroatoms. The third kappa shape index (κ3) is 23.2. The van der Waals surface area contributed by atoms with Crippen LogP contribution in [0.4, 0.5) is 4.79 Å².